The third-order valence-electron chi connectivity index (χ3n) is 19.5. The summed E-state index contributed by atoms with van der Waals surface area (Å²) >= 11 is 58.3. The Morgan fingerprint density at radius 1 is 0.471 bits per heavy atom. The van der Waals surface area contributed by atoms with E-state index in [2.05, 4.69) is 55.2 Å². The maximum absolute atomic E-state index is 12.9. The number of nitrogen functional groups attached to an aromatic ring is 2. The fraction of sp³-hybridized carbons (Fsp3) is 0.224. The van der Waals surface area contributed by atoms with E-state index in [9.17, 15) is 50.9 Å². The van der Waals surface area contributed by atoms with Crippen molar-refractivity contribution in [1.29, 1.82) is 0 Å². The van der Waals surface area contributed by atoms with Gasteiger partial charge in [0.15, 0.2) is 0 Å². The molecule has 14 aromatic rings. The van der Waals surface area contributed by atoms with Crippen molar-refractivity contribution in [3.8, 4) is 34.5 Å². The minimum Gasteiger partial charge on any atom is -0.508 e. The Labute approximate surface area is 858 Å². The van der Waals surface area contributed by atoms with Gasteiger partial charge in [-0.1, -0.05) is 160 Å². The predicted molar refractivity (Wildman–Crippen MR) is 551 cm³/mol. The summed E-state index contributed by atoms with van der Waals surface area (Å²) in [4.78, 5) is 62.6. The number of morpholine rings is 3. The zero-order chi connectivity index (χ0) is 100. The van der Waals surface area contributed by atoms with Gasteiger partial charge in [0.25, 0.3) is 0 Å². The van der Waals surface area contributed by atoms with Crippen LogP contribution in [0, 0.1) is 0 Å². The van der Waals surface area contributed by atoms with Crippen LogP contribution in [0.3, 0.4) is 0 Å². The number of benzene rings is 8. The molecule has 0 spiro atoms. The average molecular weight is 2150 g/mol. The molecule has 140 heavy (non-hydrogen) atoms. The summed E-state index contributed by atoms with van der Waals surface area (Å²) in [6.45, 7) is 14.5. The molecule has 742 valence electrons. The topological polar surface area (TPSA) is 322 Å². The number of nitrogens with one attached hydrogen (secondary N) is 3. The van der Waals surface area contributed by atoms with Crippen LogP contribution < -0.4 is 46.6 Å². The summed E-state index contributed by atoms with van der Waals surface area (Å²) in [5.41, 5.74) is 14.2. The normalized spacial score (nSPS) is 13.1. The lowest BCUT2D eigenvalue weighted by Gasteiger charge is -2.26. The Morgan fingerprint density at radius 3 is 1.39 bits per heavy atom. The molecule has 3 fully saturated rings. The van der Waals surface area contributed by atoms with Crippen molar-refractivity contribution in [3.63, 3.8) is 0 Å². The van der Waals surface area contributed by atoms with Gasteiger partial charge in [0.1, 0.15) is 75.5 Å². The lowest BCUT2D eigenvalue weighted by Crippen LogP contribution is -2.38. The Balaban J connectivity index is 0.000000199. The number of rotatable bonds is 19. The summed E-state index contributed by atoms with van der Waals surface area (Å²) < 4.78 is 112. The molecule has 0 unspecified atom stereocenters. The number of methoxy groups -OCH3 is 2. The maximum Gasteiger partial charge on any atom is 0.416 e. The molecule has 0 radical (unpaired) electrons. The quantitative estimate of drug-likeness (QED) is 0.00987. The first-order valence-electron chi connectivity index (χ1n) is 42.1. The number of nitrogens with zero attached hydrogens (tertiary/aromatic N) is 8. The number of hydrogen-bond donors (Lipinski definition) is 7. The molecule has 0 bridgehead atoms. The molecular weight excluding hydrogens is 2060 g/mol. The number of ether oxygens (including phenoxy) is 7. The molecule has 8 aromatic carbocycles. The molecule has 0 aliphatic carbocycles. The lowest BCUT2D eigenvalue weighted by atomic mass is 10.2. The maximum atomic E-state index is 12.9. The van der Waals surface area contributed by atoms with Crippen molar-refractivity contribution < 1.29 is 79.3 Å². The number of aromatic amines is 1. The first-order chi connectivity index (χ1) is 66.6. The number of halogens is 17. The fourth-order valence-electron chi connectivity index (χ4n) is 12.5. The zero-order valence-electron chi connectivity index (χ0n) is 74.6. The van der Waals surface area contributed by atoms with E-state index < -0.39 is 28.7 Å². The van der Waals surface area contributed by atoms with Gasteiger partial charge in [0.2, 0.25) is 16.7 Å². The molecule has 6 aromatic heterocycles. The van der Waals surface area contributed by atoms with Crippen LogP contribution in [0.15, 0.2) is 248 Å². The van der Waals surface area contributed by atoms with Crippen molar-refractivity contribution in [2.24, 2.45) is 0 Å². The van der Waals surface area contributed by atoms with E-state index in [0.717, 1.165) is 180 Å². The number of carbonyl (C=O) groups is 2. The van der Waals surface area contributed by atoms with Crippen LogP contribution >= 0.6 is 128 Å². The molecule has 3 aliphatic rings. The molecule has 17 rings (SSSR count). The van der Waals surface area contributed by atoms with Crippen molar-refractivity contribution in [2.45, 2.75) is 12.4 Å². The summed E-state index contributed by atoms with van der Waals surface area (Å²) in [5.74, 6) is 3.72. The molecule has 0 atom stereocenters. The second-order valence-corrected chi connectivity index (χ2v) is 33.4. The number of phenolic OH excluding ortho intramolecular Hbond substituents is 2. The highest BCUT2D eigenvalue weighted by Crippen LogP contribution is 2.36. The Hall–Kier alpha value is -11.2. The molecule has 9 heterocycles. The van der Waals surface area contributed by atoms with E-state index >= 15 is 0 Å². The lowest BCUT2D eigenvalue weighted by molar-refractivity contribution is -0.138. The van der Waals surface area contributed by atoms with Crippen LogP contribution in [0.4, 0.5) is 55.2 Å². The smallest absolute Gasteiger partial charge is 0.416 e. The Bertz CT molecular complexity index is 6440. The largest absolute Gasteiger partial charge is 0.508 e. The monoisotopic (exact) mass is 2140 g/mol. The number of carbonyl (C=O) groups excluding carboxylic acids is 2. The van der Waals surface area contributed by atoms with Gasteiger partial charge >= 0.3 is 12.4 Å². The van der Waals surface area contributed by atoms with Crippen LogP contribution in [0.2, 0.25) is 40.4 Å². The number of nitrogens with two attached hydrogens (primary N) is 2. The number of anilines is 5. The van der Waals surface area contributed by atoms with E-state index in [1.807, 2.05) is 78.9 Å². The van der Waals surface area contributed by atoms with Gasteiger partial charge in [-0.2, -0.15) is 26.3 Å². The number of pyridine rings is 6. The Morgan fingerprint density at radius 2 is 0.907 bits per heavy atom. The molecule has 1 amide bonds. The van der Waals surface area contributed by atoms with Crippen molar-refractivity contribution in [3.05, 3.63) is 316 Å². The Kier molecular flexibility index (Phi) is 48.0. The van der Waals surface area contributed by atoms with Crippen LogP contribution in [-0.2, 0) is 36.2 Å². The second kappa shape index (κ2) is 58.9. The van der Waals surface area contributed by atoms with Crippen molar-refractivity contribution in [2.75, 3.05) is 154 Å². The van der Waals surface area contributed by atoms with Gasteiger partial charge in [0, 0.05) is 147 Å². The van der Waals surface area contributed by atoms with Crippen LogP contribution in [-0.4, -0.2) is 198 Å². The number of alkyl halides is 7. The number of aromatic nitrogens is 6. The highest BCUT2D eigenvalue weighted by Gasteiger charge is 2.32. The summed E-state index contributed by atoms with van der Waals surface area (Å²) in [6.07, 6.45) is -0.443. The van der Waals surface area contributed by atoms with Gasteiger partial charge in [-0.3, -0.25) is 29.1 Å². The summed E-state index contributed by atoms with van der Waals surface area (Å²) in [5, 5.41) is 30.1. The third kappa shape index (κ3) is 40.1. The highest BCUT2D eigenvalue weighted by atomic mass is 35.5. The minimum atomic E-state index is -4.45. The molecule has 25 nitrogen and oxygen atoms in total. The number of phenols is 2. The van der Waals surface area contributed by atoms with Gasteiger partial charge in [-0.05, 0) is 150 Å². The highest BCUT2D eigenvalue weighted by molar-refractivity contribution is 6.66. The predicted octanol–water partition coefficient (Wildman–Crippen LogP) is 24.2. The van der Waals surface area contributed by atoms with Gasteiger partial charge in [-0.15, -0.1) is 24.0 Å². The van der Waals surface area contributed by atoms with Gasteiger partial charge in [0.05, 0.1) is 129 Å². The SMILES string of the molecule is COc1ccc(N)c(Cl)c1.COc1ccc(NC(=O)/C=C/c2ccccc2)c(Cl)c1.Cl.ClCCN1CCOCC1.Clc1ccc2cc(OCCN3CCOCC3)cc(Cl)c2n1.FC(F)(F)c1ccnc(Nc2ccc3cc(OCCN4CCOCC4)cc(Cl)c3n2)c1.Nc1cc(C(F)(F)F)ccn1.O=C(Cl)/C=C/c1ccccc1.O=c1ccc2cc(O)cc(Cl)c2[nH]1.Oc1cc(Cl)c2nc(Cl)ccc2c1. The number of amides is 1. The molecule has 9 N–H and O–H groups in total. The number of hydrogen-bond acceptors (Lipinski definition) is 23. The third-order valence-corrected chi connectivity index (χ3v) is 22.0. The summed E-state index contributed by atoms with van der Waals surface area (Å²) in [6, 6.07) is 59.5. The van der Waals surface area contributed by atoms with E-state index in [1.165, 1.54) is 36.4 Å². The number of aromatic hydroxyl groups is 2. The number of H-pyrrole nitrogens is 1. The molecule has 3 aliphatic heterocycles. The van der Waals surface area contributed by atoms with Crippen LogP contribution in [0.1, 0.15) is 22.3 Å². The van der Waals surface area contributed by atoms with Gasteiger partial charge in [-0.25, -0.2) is 24.9 Å². The fourth-order valence-corrected chi connectivity index (χ4v) is 14.5. The van der Waals surface area contributed by atoms with Crippen molar-refractivity contribution >= 4 is 224 Å². The van der Waals surface area contributed by atoms with E-state index in [-0.39, 0.29) is 47.0 Å². The summed E-state index contributed by atoms with van der Waals surface area (Å²) in [7, 11) is 3.15. The zero-order valence-corrected chi connectivity index (χ0v) is 83.0. The van der Waals surface area contributed by atoms with E-state index in [4.69, 9.17) is 161 Å². The minimum absolute atomic E-state index is 0. The molecule has 3 saturated heterocycles. The van der Waals surface area contributed by atoms with Crippen LogP contribution in [0.5, 0.6) is 34.5 Å². The molecule has 0 saturated carbocycles. The average Bonchev–Trinajstić information content (AvgIpc) is 0.793. The van der Waals surface area contributed by atoms with Crippen molar-refractivity contribution in [1.82, 2.24) is 44.6 Å². The first-order valence-corrected chi connectivity index (χ1v) is 46.0. The molecular formula is C98H94Cl11F6N13O12. The van der Waals surface area contributed by atoms with Gasteiger partial charge < -0.3 is 70.5 Å². The number of fused-ring (bicyclic) bond motifs is 4. The molecule has 42 heteroatoms. The van der Waals surface area contributed by atoms with Crippen LogP contribution in [0.25, 0.3) is 55.8 Å². The van der Waals surface area contributed by atoms with E-state index in [0.29, 0.717) is 110 Å². The standard InChI is InChI=1S/C21H20ClF3N4O2.C16H14ClNO2.C15H16Cl2N2O2.C9H5Cl2NO.C9H6ClNO2.C9H7ClO.C7H8ClNO.C6H12ClNO.C6H5F3N2.ClH/c22-17-13-16(31-10-7-29-5-8-30-9-6-29)11-14-1-2-18(28-20(14)17)27-19-12-15(3-4-26-19)21(23,24)25;1-20-13-8-9-15(14(17)11-13)18-16(19)10-7-12-5-3-2-4-6-12;16-13-10-12(9-11-1-2-14(17)18-15(11)13)21-8-5-19-3-6-20-7-4-19;10-7-4-6(13)3-5-1-2-8(11)12-9(5)7;10-7-4-6(12)3-5-1-2-8(13)11-9(5)7;10-9(11)7-6-8-4-2-1-3-5-8;1-10-5-2-3-7(9)6(8)4-5;7-1-2-8-3-5-9-6-4-8;7-6(8,9)4-1-2-11-5(10)3-4;/h1-4,11-13H,5-10H2,(H,26,27,28);2-11H,1H3,(H,18,19);1-2,9-10H,3-8H2;1-4,13H;1-4,12H,(H,11,13);1-7H;2-4H,9H2,1H3;1-6H2;1-3H,(H2,10,11);1H/b;10-7+;;;;7-6+;;;;. The van der Waals surface area contributed by atoms with E-state index in [1.54, 1.807) is 117 Å². The first kappa shape index (κ1) is 114. The second-order valence-electron chi connectivity index (χ2n) is 29.4. The number of allylic oxidation sites excluding steroid dienone is 1.